The van der Waals surface area contributed by atoms with Crippen LogP contribution in [0.4, 0.5) is 0 Å². The highest BCUT2D eigenvalue weighted by atomic mass is 32.1. The number of carbonyl (C=O) groups excluding carboxylic acids is 1. The predicted molar refractivity (Wildman–Crippen MR) is 59.6 cm³/mol. The second-order valence-corrected chi connectivity index (χ2v) is 4.67. The minimum absolute atomic E-state index is 0.0267. The fourth-order valence-corrected chi connectivity index (χ4v) is 1.52. The SMILES string of the molecule is CC(C)C(S)C(=O)NC1CCCOC1. The van der Waals surface area contributed by atoms with Crippen LogP contribution in [0.5, 0.6) is 0 Å². The lowest BCUT2D eigenvalue weighted by molar-refractivity contribution is -0.122. The van der Waals surface area contributed by atoms with Gasteiger partial charge in [0.1, 0.15) is 0 Å². The number of ether oxygens (including phenoxy) is 1. The van der Waals surface area contributed by atoms with E-state index in [2.05, 4.69) is 17.9 Å². The molecule has 1 rings (SSSR count). The summed E-state index contributed by atoms with van der Waals surface area (Å²) in [5, 5.41) is 2.75. The summed E-state index contributed by atoms with van der Waals surface area (Å²) in [5.74, 6) is 0.293. The van der Waals surface area contributed by atoms with E-state index in [9.17, 15) is 4.79 Å². The Morgan fingerprint density at radius 3 is 2.79 bits per heavy atom. The summed E-state index contributed by atoms with van der Waals surface area (Å²) >= 11 is 4.27. The van der Waals surface area contributed by atoms with Crippen LogP contribution in [-0.2, 0) is 9.53 Å². The van der Waals surface area contributed by atoms with Gasteiger partial charge < -0.3 is 10.1 Å². The summed E-state index contributed by atoms with van der Waals surface area (Å²) in [7, 11) is 0. The van der Waals surface area contributed by atoms with Gasteiger partial charge in [-0.1, -0.05) is 13.8 Å². The van der Waals surface area contributed by atoms with Gasteiger partial charge in [0.05, 0.1) is 17.9 Å². The average molecular weight is 217 g/mol. The van der Waals surface area contributed by atoms with Crippen LogP contribution >= 0.6 is 12.6 Å². The summed E-state index contributed by atoms with van der Waals surface area (Å²) in [6, 6.07) is 0.185. The van der Waals surface area contributed by atoms with Crippen LogP contribution in [0.3, 0.4) is 0 Å². The molecule has 2 unspecified atom stereocenters. The standard InChI is InChI=1S/C10H19NO2S/c1-7(2)9(14)10(12)11-8-4-3-5-13-6-8/h7-9,14H,3-6H2,1-2H3,(H,11,12). The molecule has 1 fully saturated rings. The van der Waals surface area contributed by atoms with Gasteiger partial charge in [0, 0.05) is 6.61 Å². The third-order valence-electron chi connectivity index (χ3n) is 2.41. The summed E-state index contributed by atoms with van der Waals surface area (Å²) < 4.78 is 5.28. The molecular weight excluding hydrogens is 198 g/mol. The Morgan fingerprint density at radius 2 is 2.29 bits per heavy atom. The smallest absolute Gasteiger partial charge is 0.233 e. The van der Waals surface area contributed by atoms with Gasteiger partial charge in [-0.2, -0.15) is 12.6 Å². The molecule has 0 saturated carbocycles. The van der Waals surface area contributed by atoms with Crippen molar-refractivity contribution in [3.63, 3.8) is 0 Å². The molecule has 1 heterocycles. The Hall–Kier alpha value is -0.220. The van der Waals surface area contributed by atoms with Crippen molar-refractivity contribution in [1.29, 1.82) is 0 Å². The summed E-state index contributed by atoms with van der Waals surface area (Å²) in [6.45, 7) is 5.45. The number of rotatable bonds is 3. The van der Waals surface area contributed by atoms with Gasteiger partial charge in [-0.25, -0.2) is 0 Å². The molecule has 1 saturated heterocycles. The molecule has 82 valence electrons. The first-order valence-electron chi connectivity index (χ1n) is 5.17. The van der Waals surface area contributed by atoms with Gasteiger partial charge in [-0.05, 0) is 18.8 Å². The van der Waals surface area contributed by atoms with Crippen LogP contribution in [0.25, 0.3) is 0 Å². The van der Waals surface area contributed by atoms with Gasteiger partial charge >= 0.3 is 0 Å². The number of hydrogen-bond acceptors (Lipinski definition) is 3. The number of hydrogen-bond donors (Lipinski definition) is 2. The molecule has 0 spiro atoms. The first kappa shape index (κ1) is 11.9. The molecule has 1 amide bonds. The van der Waals surface area contributed by atoms with Crippen molar-refractivity contribution < 1.29 is 9.53 Å². The number of carbonyl (C=O) groups is 1. The Balaban J connectivity index is 2.31. The first-order valence-corrected chi connectivity index (χ1v) is 5.69. The molecule has 1 N–H and O–H groups in total. The van der Waals surface area contributed by atoms with Crippen molar-refractivity contribution >= 4 is 18.5 Å². The van der Waals surface area contributed by atoms with Crippen LogP contribution in [0, 0.1) is 5.92 Å². The third-order valence-corrected chi connectivity index (χ3v) is 3.24. The van der Waals surface area contributed by atoms with E-state index in [0.29, 0.717) is 6.61 Å². The highest BCUT2D eigenvalue weighted by Gasteiger charge is 2.22. The summed E-state index contributed by atoms with van der Waals surface area (Å²) in [6.07, 6.45) is 2.05. The molecule has 0 aliphatic carbocycles. The topological polar surface area (TPSA) is 38.3 Å². The zero-order valence-corrected chi connectivity index (χ0v) is 9.72. The van der Waals surface area contributed by atoms with Crippen LogP contribution in [-0.4, -0.2) is 30.4 Å². The highest BCUT2D eigenvalue weighted by molar-refractivity contribution is 7.81. The van der Waals surface area contributed by atoms with E-state index in [1.54, 1.807) is 0 Å². The van der Waals surface area contributed by atoms with Crippen molar-refractivity contribution in [3.8, 4) is 0 Å². The van der Waals surface area contributed by atoms with E-state index >= 15 is 0 Å². The number of amides is 1. The van der Waals surface area contributed by atoms with E-state index in [0.717, 1.165) is 19.4 Å². The molecule has 0 aromatic rings. The molecule has 2 atom stereocenters. The monoisotopic (exact) mass is 217 g/mol. The maximum absolute atomic E-state index is 11.6. The van der Waals surface area contributed by atoms with Crippen molar-refractivity contribution in [2.45, 2.75) is 38.0 Å². The molecule has 4 heteroatoms. The minimum atomic E-state index is -0.211. The highest BCUT2D eigenvalue weighted by Crippen LogP contribution is 2.11. The van der Waals surface area contributed by atoms with Crippen molar-refractivity contribution in [2.24, 2.45) is 5.92 Å². The van der Waals surface area contributed by atoms with E-state index in [1.807, 2.05) is 13.8 Å². The molecule has 0 aromatic heterocycles. The third kappa shape index (κ3) is 3.50. The fraction of sp³-hybridized carbons (Fsp3) is 0.900. The van der Waals surface area contributed by atoms with Gasteiger partial charge in [0.15, 0.2) is 0 Å². The molecule has 0 aromatic carbocycles. The van der Waals surface area contributed by atoms with E-state index < -0.39 is 0 Å². The Morgan fingerprint density at radius 1 is 1.57 bits per heavy atom. The predicted octanol–water partition coefficient (Wildman–Crippen LogP) is 1.24. The first-order chi connectivity index (χ1) is 6.61. The maximum Gasteiger partial charge on any atom is 0.233 e. The normalized spacial score (nSPS) is 24.7. The lowest BCUT2D eigenvalue weighted by atomic mass is 10.1. The fourth-order valence-electron chi connectivity index (χ4n) is 1.44. The molecule has 0 radical (unpaired) electrons. The Kier molecular flexibility index (Phi) is 4.75. The molecule has 14 heavy (non-hydrogen) atoms. The van der Waals surface area contributed by atoms with Crippen molar-refractivity contribution in [1.82, 2.24) is 5.32 Å². The Bertz CT molecular complexity index is 191. The van der Waals surface area contributed by atoms with Gasteiger partial charge in [-0.15, -0.1) is 0 Å². The lowest BCUT2D eigenvalue weighted by Gasteiger charge is -2.25. The second-order valence-electron chi connectivity index (χ2n) is 4.11. The molecule has 3 nitrogen and oxygen atoms in total. The van der Waals surface area contributed by atoms with Crippen molar-refractivity contribution in [3.05, 3.63) is 0 Å². The maximum atomic E-state index is 11.6. The average Bonchev–Trinajstić information content (AvgIpc) is 2.18. The quantitative estimate of drug-likeness (QED) is 0.698. The summed E-state index contributed by atoms with van der Waals surface area (Å²) in [4.78, 5) is 11.6. The van der Waals surface area contributed by atoms with Gasteiger partial charge in [0.25, 0.3) is 0 Å². The van der Waals surface area contributed by atoms with E-state index in [-0.39, 0.29) is 23.1 Å². The lowest BCUT2D eigenvalue weighted by Crippen LogP contribution is -2.45. The Labute approximate surface area is 91.0 Å². The molecule has 1 aliphatic rings. The van der Waals surface area contributed by atoms with Crippen LogP contribution in [0.2, 0.25) is 0 Å². The molecule has 1 aliphatic heterocycles. The van der Waals surface area contributed by atoms with Crippen LogP contribution in [0.1, 0.15) is 26.7 Å². The van der Waals surface area contributed by atoms with E-state index in [1.165, 1.54) is 0 Å². The number of nitrogens with one attached hydrogen (secondary N) is 1. The zero-order chi connectivity index (χ0) is 10.6. The zero-order valence-electron chi connectivity index (χ0n) is 8.82. The second kappa shape index (κ2) is 5.61. The van der Waals surface area contributed by atoms with Crippen LogP contribution < -0.4 is 5.32 Å². The van der Waals surface area contributed by atoms with Crippen molar-refractivity contribution in [2.75, 3.05) is 13.2 Å². The van der Waals surface area contributed by atoms with Gasteiger partial charge in [0.2, 0.25) is 5.91 Å². The van der Waals surface area contributed by atoms with Crippen LogP contribution in [0.15, 0.2) is 0 Å². The summed E-state index contributed by atoms with van der Waals surface area (Å²) in [5.41, 5.74) is 0. The molecular formula is C10H19NO2S. The molecule has 0 bridgehead atoms. The van der Waals surface area contributed by atoms with E-state index in [4.69, 9.17) is 4.74 Å². The van der Waals surface area contributed by atoms with Gasteiger partial charge in [-0.3, -0.25) is 4.79 Å². The minimum Gasteiger partial charge on any atom is -0.379 e. The largest absolute Gasteiger partial charge is 0.379 e. The number of thiol groups is 1.